The summed E-state index contributed by atoms with van der Waals surface area (Å²) < 4.78 is 4.77. The maximum absolute atomic E-state index is 13.8. The highest BCUT2D eigenvalue weighted by atomic mass is 16.5. The van der Waals surface area contributed by atoms with Gasteiger partial charge in [0.25, 0.3) is 0 Å². The van der Waals surface area contributed by atoms with Crippen LogP contribution in [-0.4, -0.2) is 76.6 Å². The molecule has 0 spiro atoms. The highest BCUT2D eigenvalue weighted by Crippen LogP contribution is 2.20. The highest BCUT2D eigenvalue weighted by Gasteiger charge is 2.33. The van der Waals surface area contributed by atoms with Gasteiger partial charge < -0.3 is 36.2 Å². The van der Waals surface area contributed by atoms with E-state index in [1.165, 1.54) is 7.11 Å². The molecule has 0 saturated heterocycles. The minimum atomic E-state index is -1.32. The maximum Gasteiger partial charge on any atom is 0.407 e. The van der Waals surface area contributed by atoms with Crippen LogP contribution in [0.4, 0.5) is 9.59 Å². The van der Waals surface area contributed by atoms with E-state index < -0.39 is 54.3 Å². The molecular formula is C38H51N5O7. The van der Waals surface area contributed by atoms with Crippen LogP contribution >= 0.6 is 0 Å². The van der Waals surface area contributed by atoms with Crippen LogP contribution in [0.1, 0.15) is 58.1 Å². The van der Waals surface area contributed by atoms with E-state index >= 15 is 0 Å². The van der Waals surface area contributed by atoms with Gasteiger partial charge in [-0.05, 0) is 54.4 Å². The Morgan fingerprint density at radius 1 is 0.740 bits per heavy atom. The summed E-state index contributed by atoms with van der Waals surface area (Å²) in [6.45, 7) is 7.41. The molecule has 0 fully saturated rings. The molecule has 0 aliphatic heterocycles. The number of carboxylic acid groups (broad SMARTS) is 1. The average molecular weight is 690 g/mol. The summed E-state index contributed by atoms with van der Waals surface area (Å²) in [7, 11) is 1.23. The van der Waals surface area contributed by atoms with Crippen LogP contribution in [0.5, 0.6) is 0 Å². The molecule has 7 atom stereocenters. The molecule has 4 amide bonds. The van der Waals surface area contributed by atoms with Crippen LogP contribution in [-0.2, 0) is 27.2 Å². The van der Waals surface area contributed by atoms with Crippen molar-refractivity contribution >= 4 is 24.0 Å². The third-order valence-electron chi connectivity index (χ3n) is 9.09. The fourth-order valence-electron chi connectivity index (χ4n) is 5.72. The van der Waals surface area contributed by atoms with E-state index in [0.717, 1.165) is 22.4 Å². The van der Waals surface area contributed by atoms with Gasteiger partial charge in [0.2, 0.25) is 11.8 Å². The van der Waals surface area contributed by atoms with Crippen LogP contribution in [0.15, 0.2) is 79.0 Å². The predicted molar refractivity (Wildman–Crippen MR) is 191 cm³/mol. The number of aliphatic hydroxyl groups excluding tert-OH is 1. The first-order valence-electron chi connectivity index (χ1n) is 17.1. The number of aromatic nitrogens is 1. The summed E-state index contributed by atoms with van der Waals surface area (Å²) >= 11 is 0. The lowest BCUT2D eigenvalue weighted by Gasteiger charge is -2.32. The number of amides is 4. The molecule has 3 rings (SSSR count). The number of nitrogens with one attached hydrogen (secondary N) is 4. The van der Waals surface area contributed by atoms with Crippen LogP contribution in [0.25, 0.3) is 11.3 Å². The van der Waals surface area contributed by atoms with E-state index in [0.29, 0.717) is 19.3 Å². The molecule has 12 nitrogen and oxygen atoms in total. The lowest BCUT2D eigenvalue weighted by Crippen LogP contribution is -2.57. The Kier molecular flexibility index (Phi) is 15.7. The van der Waals surface area contributed by atoms with Crippen molar-refractivity contribution in [2.24, 2.45) is 11.8 Å². The SMILES string of the molecule is CCC(C)[C@H](NC(=O)OC)C(=O)N[C@@H](Cc1ccc(-c2ccccn2)cc1)C[C@H](O)[C@H](Cc1ccccc1)NC(=O)[C@H](NC(=O)O)C(C)CC. The largest absolute Gasteiger partial charge is 0.465 e. The number of ether oxygens (including phenoxy) is 1. The molecule has 1 heterocycles. The zero-order valence-electron chi connectivity index (χ0n) is 29.5. The summed E-state index contributed by atoms with van der Waals surface area (Å²) in [5, 5.41) is 32.2. The molecule has 0 saturated carbocycles. The summed E-state index contributed by atoms with van der Waals surface area (Å²) in [6.07, 6.45) is 0.298. The second-order valence-electron chi connectivity index (χ2n) is 12.7. The number of alkyl carbamates (subject to hydrolysis) is 1. The fourth-order valence-corrected chi connectivity index (χ4v) is 5.72. The van der Waals surface area contributed by atoms with Gasteiger partial charge in [0.1, 0.15) is 12.1 Å². The quantitative estimate of drug-likeness (QED) is 0.111. The molecule has 2 aromatic carbocycles. The van der Waals surface area contributed by atoms with Crippen molar-refractivity contribution in [2.75, 3.05) is 7.11 Å². The van der Waals surface area contributed by atoms with Gasteiger partial charge in [-0.1, -0.05) is 101 Å². The fraction of sp³-hybridized carbons (Fsp3) is 0.447. The number of benzene rings is 2. The van der Waals surface area contributed by atoms with Crippen molar-refractivity contribution in [2.45, 2.75) is 90.1 Å². The highest BCUT2D eigenvalue weighted by molar-refractivity contribution is 5.86. The molecule has 50 heavy (non-hydrogen) atoms. The standard InChI is InChI=1S/C38H51N5O7/c1-6-24(3)33(42-37(47)48)36(46)41-31(22-26-13-9-8-10-14-26)32(44)23-29(40-35(45)34(25(4)7-2)43-38(49)50-5)21-27-16-18-28(19-17-27)30-15-11-12-20-39-30/h8-20,24-25,29,31-34,42,44H,6-7,21-23H2,1-5H3,(H,40,45)(H,41,46)(H,43,49)(H,47,48)/t24?,25?,29-,31-,32-,33+,34-/m0/s1. The third kappa shape index (κ3) is 12.2. The molecule has 2 unspecified atom stereocenters. The van der Waals surface area contributed by atoms with E-state index in [1.807, 2.05) is 93.6 Å². The van der Waals surface area contributed by atoms with Crippen molar-refractivity contribution < 1.29 is 34.1 Å². The van der Waals surface area contributed by atoms with Crippen molar-refractivity contribution in [3.05, 3.63) is 90.1 Å². The van der Waals surface area contributed by atoms with Crippen LogP contribution in [0.2, 0.25) is 0 Å². The van der Waals surface area contributed by atoms with E-state index in [4.69, 9.17) is 4.74 Å². The zero-order chi connectivity index (χ0) is 36.6. The molecule has 0 aliphatic carbocycles. The number of hydrogen-bond acceptors (Lipinski definition) is 7. The molecule has 0 radical (unpaired) electrons. The van der Waals surface area contributed by atoms with Crippen molar-refractivity contribution in [1.82, 2.24) is 26.3 Å². The van der Waals surface area contributed by atoms with Gasteiger partial charge in [0, 0.05) is 17.8 Å². The van der Waals surface area contributed by atoms with Gasteiger partial charge in [-0.3, -0.25) is 14.6 Å². The van der Waals surface area contributed by atoms with E-state index in [9.17, 15) is 29.4 Å². The van der Waals surface area contributed by atoms with Crippen LogP contribution < -0.4 is 21.3 Å². The Labute approximate surface area is 294 Å². The molecule has 270 valence electrons. The number of methoxy groups -OCH3 is 1. The minimum Gasteiger partial charge on any atom is -0.465 e. The number of pyridine rings is 1. The number of aliphatic hydroxyl groups is 1. The summed E-state index contributed by atoms with van der Waals surface area (Å²) in [5.74, 6) is -1.51. The number of hydrogen-bond donors (Lipinski definition) is 6. The summed E-state index contributed by atoms with van der Waals surface area (Å²) in [6, 6.07) is 19.4. The lowest BCUT2D eigenvalue weighted by atomic mass is 9.91. The zero-order valence-corrected chi connectivity index (χ0v) is 29.5. The van der Waals surface area contributed by atoms with Crippen molar-refractivity contribution in [3.63, 3.8) is 0 Å². The smallest absolute Gasteiger partial charge is 0.407 e. The van der Waals surface area contributed by atoms with Crippen molar-refractivity contribution in [3.8, 4) is 11.3 Å². The van der Waals surface area contributed by atoms with Gasteiger partial charge in [-0.15, -0.1) is 0 Å². The normalized spacial score (nSPS) is 15.2. The molecular weight excluding hydrogens is 638 g/mol. The van der Waals surface area contributed by atoms with Gasteiger partial charge in [-0.2, -0.15) is 0 Å². The Morgan fingerprint density at radius 3 is 1.88 bits per heavy atom. The minimum absolute atomic E-state index is 0.0390. The number of nitrogens with zero attached hydrogens (tertiary/aromatic N) is 1. The first-order valence-corrected chi connectivity index (χ1v) is 17.1. The topological polar surface area (TPSA) is 179 Å². The predicted octanol–water partition coefficient (Wildman–Crippen LogP) is 4.71. The van der Waals surface area contributed by atoms with Gasteiger partial charge in [-0.25, -0.2) is 9.59 Å². The molecule has 1 aromatic heterocycles. The monoisotopic (exact) mass is 689 g/mol. The molecule has 3 aromatic rings. The van der Waals surface area contributed by atoms with Gasteiger partial charge in [0.05, 0.1) is 24.9 Å². The van der Waals surface area contributed by atoms with Gasteiger partial charge in [0.15, 0.2) is 0 Å². The Morgan fingerprint density at radius 2 is 1.32 bits per heavy atom. The van der Waals surface area contributed by atoms with Crippen LogP contribution in [0.3, 0.4) is 0 Å². The number of carbonyl (C=O) groups excluding carboxylic acids is 3. The molecule has 12 heteroatoms. The van der Waals surface area contributed by atoms with Crippen LogP contribution in [0, 0.1) is 11.8 Å². The lowest BCUT2D eigenvalue weighted by molar-refractivity contribution is -0.127. The molecule has 6 N–H and O–H groups in total. The average Bonchev–Trinajstić information content (AvgIpc) is 3.12. The van der Waals surface area contributed by atoms with E-state index in [1.54, 1.807) is 13.1 Å². The Balaban J connectivity index is 1.93. The summed E-state index contributed by atoms with van der Waals surface area (Å²) in [4.78, 5) is 55.4. The molecule has 0 bridgehead atoms. The van der Waals surface area contributed by atoms with E-state index in [-0.39, 0.29) is 24.7 Å². The Hall–Kier alpha value is -4.97. The molecule has 0 aliphatic rings. The Bertz CT molecular complexity index is 1510. The van der Waals surface area contributed by atoms with E-state index in [2.05, 4.69) is 26.3 Å². The summed E-state index contributed by atoms with van der Waals surface area (Å²) in [5.41, 5.74) is 3.48. The first-order chi connectivity index (χ1) is 23.9. The maximum atomic E-state index is 13.8. The number of rotatable bonds is 18. The van der Waals surface area contributed by atoms with Crippen molar-refractivity contribution in [1.29, 1.82) is 0 Å². The second-order valence-corrected chi connectivity index (χ2v) is 12.7. The second kappa shape index (κ2) is 19.9. The third-order valence-corrected chi connectivity index (χ3v) is 9.09. The number of carbonyl (C=O) groups is 4. The van der Waals surface area contributed by atoms with Gasteiger partial charge >= 0.3 is 12.2 Å². The first kappa shape index (κ1) is 39.5.